The molecule has 3 N–H and O–H groups in total. The van der Waals surface area contributed by atoms with Crippen LogP contribution >= 0.6 is 0 Å². The number of benzene rings is 1. The van der Waals surface area contributed by atoms with Crippen LogP contribution in [0, 0.1) is 12.7 Å². The minimum atomic E-state index is -1.22. The number of primary amides is 1. The number of hydrogen-bond acceptors (Lipinski definition) is 2. The Morgan fingerprint density at radius 2 is 1.94 bits per heavy atom. The number of halogens is 1. The summed E-state index contributed by atoms with van der Waals surface area (Å²) in [5.41, 5.74) is 4.56. The standard InChI is InChI=1S/C12H15FN2O2/c1-7-4-5-9(13)8(6-7)10(16)15-12(2,3)11(14)17/h4-6H,1-3H3,(H2,14,17)(H,15,16). The van der Waals surface area contributed by atoms with Gasteiger partial charge in [-0.05, 0) is 32.9 Å². The monoisotopic (exact) mass is 238 g/mol. The van der Waals surface area contributed by atoms with Crippen molar-refractivity contribution in [2.45, 2.75) is 26.3 Å². The zero-order valence-corrected chi connectivity index (χ0v) is 10.0. The molecular formula is C12H15FN2O2. The van der Waals surface area contributed by atoms with Crippen molar-refractivity contribution in [3.8, 4) is 0 Å². The van der Waals surface area contributed by atoms with Crippen molar-refractivity contribution in [1.29, 1.82) is 0 Å². The van der Waals surface area contributed by atoms with Gasteiger partial charge in [0, 0.05) is 0 Å². The molecule has 0 saturated carbocycles. The number of nitrogens with two attached hydrogens (primary N) is 1. The first-order valence-electron chi connectivity index (χ1n) is 5.12. The molecule has 2 amide bonds. The number of nitrogens with one attached hydrogen (secondary N) is 1. The van der Waals surface area contributed by atoms with Crippen molar-refractivity contribution >= 4 is 11.8 Å². The normalized spacial score (nSPS) is 11.1. The maximum Gasteiger partial charge on any atom is 0.255 e. The van der Waals surface area contributed by atoms with Gasteiger partial charge in [-0.2, -0.15) is 0 Å². The maximum atomic E-state index is 13.4. The largest absolute Gasteiger partial charge is 0.368 e. The lowest BCUT2D eigenvalue weighted by Gasteiger charge is -2.22. The molecule has 17 heavy (non-hydrogen) atoms. The summed E-state index contributed by atoms with van der Waals surface area (Å²) in [5, 5.41) is 2.39. The van der Waals surface area contributed by atoms with Crippen LogP contribution in [0.4, 0.5) is 4.39 Å². The Labute approximate surface area is 99.0 Å². The third kappa shape index (κ3) is 3.03. The topological polar surface area (TPSA) is 72.2 Å². The van der Waals surface area contributed by atoms with Crippen molar-refractivity contribution < 1.29 is 14.0 Å². The van der Waals surface area contributed by atoms with Gasteiger partial charge in [-0.15, -0.1) is 0 Å². The van der Waals surface area contributed by atoms with Crippen LogP contribution in [-0.4, -0.2) is 17.4 Å². The molecule has 92 valence electrons. The van der Waals surface area contributed by atoms with E-state index in [4.69, 9.17) is 5.73 Å². The van der Waals surface area contributed by atoms with Crippen LogP contribution in [0.2, 0.25) is 0 Å². The zero-order valence-electron chi connectivity index (χ0n) is 10.0. The molecule has 0 aliphatic heterocycles. The fourth-order valence-corrected chi connectivity index (χ4v) is 1.23. The molecule has 0 spiro atoms. The molecule has 1 aromatic carbocycles. The van der Waals surface area contributed by atoms with Crippen LogP contribution < -0.4 is 11.1 Å². The first-order chi connectivity index (χ1) is 7.74. The third-order valence-electron chi connectivity index (χ3n) is 2.41. The molecule has 0 saturated heterocycles. The minimum absolute atomic E-state index is 0.0978. The summed E-state index contributed by atoms with van der Waals surface area (Å²) >= 11 is 0. The summed E-state index contributed by atoms with van der Waals surface area (Å²) in [4.78, 5) is 22.8. The van der Waals surface area contributed by atoms with E-state index in [-0.39, 0.29) is 5.56 Å². The Bertz CT molecular complexity index is 470. The van der Waals surface area contributed by atoms with Crippen LogP contribution in [-0.2, 0) is 4.79 Å². The highest BCUT2D eigenvalue weighted by Gasteiger charge is 2.28. The molecule has 0 radical (unpaired) electrons. The van der Waals surface area contributed by atoms with Crippen LogP contribution in [0.3, 0.4) is 0 Å². The smallest absolute Gasteiger partial charge is 0.255 e. The van der Waals surface area contributed by atoms with E-state index in [2.05, 4.69) is 5.32 Å². The zero-order chi connectivity index (χ0) is 13.2. The Morgan fingerprint density at radius 1 is 1.35 bits per heavy atom. The van der Waals surface area contributed by atoms with Crippen LogP contribution in [0.5, 0.6) is 0 Å². The lowest BCUT2D eigenvalue weighted by Crippen LogP contribution is -2.53. The van der Waals surface area contributed by atoms with Crippen molar-refractivity contribution in [3.63, 3.8) is 0 Å². The highest BCUT2D eigenvalue weighted by molar-refractivity contribution is 5.98. The highest BCUT2D eigenvalue weighted by Crippen LogP contribution is 2.11. The second-order valence-electron chi connectivity index (χ2n) is 4.43. The molecule has 0 fully saturated rings. The van der Waals surface area contributed by atoms with Gasteiger partial charge in [-0.25, -0.2) is 4.39 Å². The van der Waals surface area contributed by atoms with Gasteiger partial charge in [-0.3, -0.25) is 9.59 Å². The average Bonchev–Trinajstić information content (AvgIpc) is 2.20. The highest BCUT2D eigenvalue weighted by atomic mass is 19.1. The van der Waals surface area contributed by atoms with Crippen molar-refractivity contribution in [2.75, 3.05) is 0 Å². The van der Waals surface area contributed by atoms with Crippen LogP contribution in [0.1, 0.15) is 29.8 Å². The van der Waals surface area contributed by atoms with Gasteiger partial charge >= 0.3 is 0 Å². The molecule has 0 aromatic heterocycles. The van der Waals surface area contributed by atoms with E-state index in [1.807, 2.05) is 0 Å². The lowest BCUT2D eigenvalue weighted by molar-refractivity contribution is -0.122. The summed E-state index contributed by atoms with van der Waals surface area (Å²) in [6.07, 6.45) is 0. The van der Waals surface area contributed by atoms with E-state index >= 15 is 0 Å². The maximum absolute atomic E-state index is 13.4. The van der Waals surface area contributed by atoms with Crippen LogP contribution in [0.25, 0.3) is 0 Å². The molecule has 0 unspecified atom stereocenters. The second-order valence-corrected chi connectivity index (χ2v) is 4.43. The van der Waals surface area contributed by atoms with E-state index in [0.29, 0.717) is 0 Å². The molecule has 0 bridgehead atoms. The average molecular weight is 238 g/mol. The summed E-state index contributed by atoms with van der Waals surface area (Å²) in [6, 6.07) is 4.19. The lowest BCUT2D eigenvalue weighted by atomic mass is 10.0. The van der Waals surface area contributed by atoms with Crippen molar-refractivity contribution in [3.05, 3.63) is 35.1 Å². The summed E-state index contributed by atoms with van der Waals surface area (Å²) in [5.74, 6) is -1.97. The Balaban J connectivity index is 2.98. The summed E-state index contributed by atoms with van der Waals surface area (Å²) in [7, 11) is 0. The van der Waals surface area contributed by atoms with Crippen molar-refractivity contribution in [1.82, 2.24) is 5.32 Å². The van der Waals surface area contributed by atoms with E-state index in [0.717, 1.165) is 5.56 Å². The first-order valence-corrected chi connectivity index (χ1v) is 5.12. The molecule has 0 aliphatic rings. The van der Waals surface area contributed by atoms with Gasteiger partial charge < -0.3 is 11.1 Å². The van der Waals surface area contributed by atoms with Gasteiger partial charge in [0.25, 0.3) is 5.91 Å². The molecular weight excluding hydrogens is 223 g/mol. The Morgan fingerprint density at radius 3 is 2.47 bits per heavy atom. The molecule has 4 nitrogen and oxygen atoms in total. The number of aryl methyl sites for hydroxylation is 1. The molecule has 0 atom stereocenters. The summed E-state index contributed by atoms with van der Waals surface area (Å²) < 4.78 is 13.4. The van der Waals surface area contributed by atoms with E-state index in [1.165, 1.54) is 26.0 Å². The molecule has 0 aliphatic carbocycles. The van der Waals surface area contributed by atoms with Crippen molar-refractivity contribution in [2.24, 2.45) is 5.73 Å². The Hall–Kier alpha value is -1.91. The molecule has 0 heterocycles. The second kappa shape index (κ2) is 4.53. The SMILES string of the molecule is Cc1ccc(F)c(C(=O)NC(C)(C)C(N)=O)c1. The molecule has 1 aromatic rings. The van der Waals surface area contributed by atoms with Gasteiger partial charge in [0.15, 0.2) is 0 Å². The van der Waals surface area contributed by atoms with E-state index in [1.54, 1.807) is 13.0 Å². The number of amides is 2. The molecule has 1 rings (SSSR count). The summed E-state index contributed by atoms with van der Waals surface area (Å²) in [6.45, 7) is 4.66. The number of hydrogen-bond donors (Lipinski definition) is 2. The van der Waals surface area contributed by atoms with Gasteiger partial charge in [0.1, 0.15) is 11.4 Å². The van der Waals surface area contributed by atoms with Crippen LogP contribution in [0.15, 0.2) is 18.2 Å². The molecule has 5 heteroatoms. The number of rotatable bonds is 3. The van der Waals surface area contributed by atoms with Gasteiger partial charge in [0.05, 0.1) is 5.56 Å². The van der Waals surface area contributed by atoms with E-state index < -0.39 is 23.2 Å². The third-order valence-corrected chi connectivity index (χ3v) is 2.41. The van der Waals surface area contributed by atoms with Gasteiger partial charge in [-0.1, -0.05) is 11.6 Å². The Kier molecular flexibility index (Phi) is 3.50. The predicted octanol–water partition coefficient (Wildman–Crippen LogP) is 1.13. The quantitative estimate of drug-likeness (QED) is 0.828. The fraction of sp³-hybridized carbons (Fsp3) is 0.333. The number of carbonyl (C=O) groups excluding carboxylic acids is 2. The minimum Gasteiger partial charge on any atom is -0.368 e. The fourth-order valence-electron chi connectivity index (χ4n) is 1.23. The van der Waals surface area contributed by atoms with Gasteiger partial charge in [0.2, 0.25) is 5.91 Å². The number of carbonyl (C=O) groups is 2. The van der Waals surface area contributed by atoms with E-state index in [9.17, 15) is 14.0 Å². The first kappa shape index (κ1) is 13.2. The predicted molar refractivity (Wildman–Crippen MR) is 61.9 cm³/mol.